The molecule has 1 aromatic heterocycles. The largest absolute Gasteiger partial charge is 0.344 e. The van der Waals surface area contributed by atoms with E-state index >= 15 is 0 Å². The van der Waals surface area contributed by atoms with Crippen molar-refractivity contribution in [2.75, 3.05) is 18.1 Å². The van der Waals surface area contributed by atoms with Crippen LogP contribution in [0.25, 0.3) is 0 Å². The summed E-state index contributed by atoms with van der Waals surface area (Å²) in [7, 11) is -3.09. The minimum Gasteiger partial charge on any atom is -0.344 e. The smallest absolute Gasteiger partial charge is 0.334 e. The highest BCUT2D eigenvalue weighted by atomic mass is 32.2. The lowest BCUT2D eigenvalue weighted by molar-refractivity contribution is -0.143. The maximum Gasteiger partial charge on any atom is 0.334 e. The summed E-state index contributed by atoms with van der Waals surface area (Å²) in [6.07, 6.45) is 0.479. The van der Waals surface area contributed by atoms with Gasteiger partial charge in [0.1, 0.15) is 0 Å². The molecule has 1 aromatic rings. The predicted molar refractivity (Wildman–Crippen MR) is 99.6 cm³/mol. The lowest BCUT2D eigenvalue weighted by Crippen LogP contribution is -2.39. The zero-order valence-electron chi connectivity index (χ0n) is 16.3. The van der Waals surface area contributed by atoms with Crippen molar-refractivity contribution < 1.29 is 27.6 Å². The number of aromatic nitrogens is 1. The highest BCUT2D eigenvalue weighted by Crippen LogP contribution is 2.29. The number of ketones is 1. The molecule has 0 unspecified atom stereocenters. The molecule has 3 rings (SSSR count). The van der Waals surface area contributed by atoms with Crippen LogP contribution in [0.1, 0.15) is 48.1 Å². The lowest BCUT2D eigenvalue weighted by Gasteiger charge is -2.18. The van der Waals surface area contributed by atoms with Crippen molar-refractivity contribution in [1.29, 1.82) is 0 Å². The third-order valence-electron chi connectivity index (χ3n) is 5.26. The summed E-state index contributed by atoms with van der Waals surface area (Å²) in [5.41, 5.74) is 1.65. The molecule has 0 saturated carbocycles. The molecule has 2 aliphatic rings. The average molecular weight is 409 g/mol. The Balaban J connectivity index is 1.85. The van der Waals surface area contributed by atoms with E-state index in [9.17, 15) is 27.6 Å². The van der Waals surface area contributed by atoms with E-state index in [1.165, 1.54) is 0 Å². The van der Waals surface area contributed by atoms with Gasteiger partial charge in [-0.1, -0.05) is 0 Å². The third kappa shape index (κ3) is 3.25. The summed E-state index contributed by atoms with van der Waals surface area (Å²) in [6.45, 7) is 6.19. The molecule has 152 valence electrons. The van der Waals surface area contributed by atoms with E-state index in [0.717, 1.165) is 10.6 Å². The molecule has 2 saturated heterocycles. The molecule has 2 fully saturated rings. The predicted octanol–water partition coefficient (Wildman–Crippen LogP) is 0.846. The van der Waals surface area contributed by atoms with Gasteiger partial charge >= 0.3 is 17.8 Å². The Hall–Kier alpha value is -2.49. The molecule has 1 atom stereocenters. The Kier molecular flexibility index (Phi) is 4.95. The van der Waals surface area contributed by atoms with E-state index in [0.29, 0.717) is 22.6 Å². The van der Waals surface area contributed by atoms with Crippen LogP contribution in [0.2, 0.25) is 0 Å². The number of urea groups is 1. The number of nitrogens with zero attached hydrogens (tertiary/aromatic N) is 3. The van der Waals surface area contributed by atoms with E-state index < -0.39 is 46.1 Å². The lowest BCUT2D eigenvalue weighted by atomic mass is 10.1. The van der Waals surface area contributed by atoms with Gasteiger partial charge < -0.3 is 4.57 Å². The normalized spacial score (nSPS) is 22.0. The monoisotopic (exact) mass is 409 g/mol. The third-order valence-corrected chi connectivity index (χ3v) is 7.01. The highest BCUT2D eigenvalue weighted by Gasteiger charge is 2.46. The van der Waals surface area contributed by atoms with Crippen LogP contribution >= 0.6 is 0 Å². The van der Waals surface area contributed by atoms with Crippen molar-refractivity contribution in [2.45, 2.75) is 46.2 Å². The van der Waals surface area contributed by atoms with Crippen LogP contribution < -0.4 is 0 Å². The summed E-state index contributed by atoms with van der Waals surface area (Å²) in [5, 5.41) is 0. The van der Waals surface area contributed by atoms with Gasteiger partial charge in [0.2, 0.25) is 0 Å². The highest BCUT2D eigenvalue weighted by molar-refractivity contribution is 7.91. The van der Waals surface area contributed by atoms with Crippen molar-refractivity contribution >= 4 is 33.5 Å². The topological polar surface area (TPSA) is 114 Å². The van der Waals surface area contributed by atoms with Crippen LogP contribution in [0.3, 0.4) is 0 Å². The molecule has 28 heavy (non-hydrogen) atoms. The van der Waals surface area contributed by atoms with Crippen molar-refractivity contribution in [3.63, 3.8) is 0 Å². The van der Waals surface area contributed by atoms with Crippen LogP contribution in [-0.4, -0.2) is 70.5 Å². The Morgan fingerprint density at radius 3 is 2.32 bits per heavy atom. The fourth-order valence-corrected chi connectivity index (χ4v) is 5.65. The summed E-state index contributed by atoms with van der Waals surface area (Å²) in [6, 6.07) is 0.113. The maximum atomic E-state index is 12.8. The van der Waals surface area contributed by atoms with E-state index in [2.05, 4.69) is 0 Å². The molecule has 3 heterocycles. The van der Waals surface area contributed by atoms with Gasteiger partial charge in [0.05, 0.1) is 18.1 Å². The number of sulfone groups is 1. The van der Waals surface area contributed by atoms with Gasteiger partial charge in [-0.05, 0) is 40.2 Å². The second-order valence-electron chi connectivity index (χ2n) is 7.58. The molecule has 2 aliphatic heterocycles. The molecule has 0 N–H and O–H groups in total. The number of carbonyl (C=O) groups is 4. The van der Waals surface area contributed by atoms with Crippen LogP contribution in [0.15, 0.2) is 6.07 Å². The minimum atomic E-state index is -3.09. The van der Waals surface area contributed by atoms with Gasteiger partial charge in [-0.2, -0.15) is 0 Å². The Morgan fingerprint density at radius 2 is 1.82 bits per heavy atom. The Bertz CT molecular complexity index is 991. The number of aryl methyl sites for hydroxylation is 1. The number of Topliss-reactive ketones (excluding diaryl/α,β-unsaturated/α-hetero) is 1. The van der Waals surface area contributed by atoms with Crippen molar-refractivity contribution in [1.82, 2.24) is 14.4 Å². The van der Waals surface area contributed by atoms with Gasteiger partial charge in [-0.3, -0.25) is 19.3 Å². The van der Waals surface area contributed by atoms with Gasteiger partial charge in [0, 0.05) is 29.0 Å². The van der Waals surface area contributed by atoms with Crippen LogP contribution in [0, 0.1) is 13.8 Å². The number of hydrogen-bond donors (Lipinski definition) is 0. The minimum absolute atomic E-state index is 0.0257. The molecule has 10 heteroatoms. The van der Waals surface area contributed by atoms with Crippen LogP contribution in [-0.2, 0) is 19.4 Å². The zero-order valence-corrected chi connectivity index (χ0v) is 17.1. The summed E-state index contributed by atoms with van der Waals surface area (Å²) < 4.78 is 25.4. The Morgan fingerprint density at radius 1 is 1.18 bits per heavy atom. The van der Waals surface area contributed by atoms with E-state index in [1.807, 2.05) is 4.57 Å². The number of carbonyl (C=O) groups excluding carboxylic acids is 4. The zero-order chi connectivity index (χ0) is 21.0. The van der Waals surface area contributed by atoms with Crippen molar-refractivity contribution in [3.05, 3.63) is 23.0 Å². The first-order chi connectivity index (χ1) is 12.9. The first kappa shape index (κ1) is 20.2. The SMILES string of the molecule is Cc1cc(C(=O)CN2C(=O)C(=O)N(C(C)C)C2=O)c(C)n1[C@@H]1CCS(=O)(=O)C1. The van der Waals surface area contributed by atoms with Crippen LogP contribution in [0.5, 0.6) is 0 Å². The number of imide groups is 2. The van der Waals surface area contributed by atoms with Gasteiger partial charge in [0.15, 0.2) is 15.6 Å². The van der Waals surface area contributed by atoms with Gasteiger partial charge in [0.25, 0.3) is 0 Å². The quantitative estimate of drug-likeness (QED) is 0.405. The maximum absolute atomic E-state index is 12.8. The molecule has 0 radical (unpaired) electrons. The fourth-order valence-electron chi connectivity index (χ4n) is 3.95. The van der Waals surface area contributed by atoms with Crippen molar-refractivity contribution in [2.24, 2.45) is 0 Å². The van der Waals surface area contributed by atoms with E-state index in [-0.39, 0.29) is 17.5 Å². The molecule has 4 amide bonds. The fraction of sp³-hybridized carbons (Fsp3) is 0.556. The second kappa shape index (κ2) is 6.84. The first-order valence-corrected chi connectivity index (χ1v) is 10.9. The second-order valence-corrected chi connectivity index (χ2v) is 9.81. The average Bonchev–Trinajstić information content (AvgIpc) is 3.15. The van der Waals surface area contributed by atoms with Crippen LogP contribution in [0.4, 0.5) is 4.79 Å². The number of hydrogen-bond acceptors (Lipinski definition) is 6. The number of amides is 4. The summed E-state index contributed by atoms with van der Waals surface area (Å²) in [4.78, 5) is 50.8. The first-order valence-electron chi connectivity index (χ1n) is 9.05. The van der Waals surface area contributed by atoms with E-state index in [1.54, 1.807) is 33.8 Å². The molecular weight excluding hydrogens is 386 g/mol. The van der Waals surface area contributed by atoms with Crippen molar-refractivity contribution in [3.8, 4) is 0 Å². The van der Waals surface area contributed by atoms with E-state index in [4.69, 9.17) is 0 Å². The molecule has 0 aromatic carbocycles. The Labute approximate surface area is 163 Å². The van der Waals surface area contributed by atoms with Gasteiger partial charge in [-0.15, -0.1) is 0 Å². The molecule has 0 bridgehead atoms. The summed E-state index contributed by atoms with van der Waals surface area (Å²) in [5.74, 6) is -2.28. The number of rotatable bonds is 5. The molecule has 0 spiro atoms. The standard InChI is InChI=1S/C18H23N3O6S/c1-10(2)20-17(24)16(23)19(18(20)25)8-15(22)14-7-11(3)21(12(14)4)13-5-6-28(26,27)9-13/h7,10,13H,5-6,8-9H2,1-4H3/t13-/m1/s1. The molecule has 0 aliphatic carbocycles. The summed E-state index contributed by atoms with van der Waals surface area (Å²) >= 11 is 0. The van der Waals surface area contributed by atoms with Gasteiger partial charge in [-0.25, -0.2) is 18.1 Å². The molecular formula is C18H23N3O6S. The molecule has 9 nitrogen and oxygen atoms in total.